The van der Waals surface area contributed by atoms with Gasteiger partial charge in [-0.25, -0.2) is 8.42 Å². The van der Waals surface area contributed by atoms with Crippen LogP contribution in [0.4, 0.5) is 5.69 Å². The van der Waals surface area contributed by atoms with Crippen molar-refractivity contribution in [1.82, 2.24) is 9.21 Å². The van der Waals surface area contributed by atoms with Crippen molar-refractivity contribution in [2.24, 2.45) is 0 Å². The SMILES string of the molecule is CC(C)c1ccc(S(=O)(=O)N2CCN(CC(=O)N(C)c3ccccc3)CC2)cc1. The molecule has 1 saturated heterocycles. The number of benzene rings is 2. The number of anilines is 1. The molecule has 1 fully saturated rings. The van der Waals surface area contributed by atoms with Crippen LogP contribution >= 0.6 is 0 Å². The van der Waals surface area contributed by atoms with Crippen LogP contribution in [0.15, 0.2) is 59.5 Å². The summed E-state index contributed by atoms with van der Waals surface area (Å²) in [5.74, 6) is 0.360. The van der Waals surface area contributed by atoms with E-state index in [2.05, 4.69) is 13.8 Å². The second-order valence-corrected chi connectivity index (χ2v) is 9.63. The van der Waals surface area contributed by atoms with E-state index in [1.54, 1.807) is 24.1 Å². The van der Waals surface area contributed by atoms with Crippen LogP contribution in [0.3, 0.4) is 0 Å². The van der Waals surface area contributed by atoms with Gasteiger partial charge in [0.25, 0.3) is 0 Å². The number of piperazine rings is 1. The third kappa shape index (κ3) is 5.04. The fourth-order valence-electron chi connectivity index (χ4n) is 3.39. The molecule has 0 aliphatic carbocycles. The summed E-state index contributed by atoms with van der Waals surface area (Å²) in [6.45, 7) is 6.30. The Bertz CT molecular complexity index is 920. The second-order valence-electron chi connectivity index (χ2n) is 7.69. The van der Waals surface area contributed by atoms with Crippen molar-refractivity contribution in [3.8, 4) is 0 Å². The van der Waals surface area contributed by atoms with Crippen molar-refractivity contribution in [1.29, 1.82) is 0 Å². The van der Waals surface area contributed by atoms with Crippen molar-refractivity contribution in [2.45, 2.75) is 24.7 Å². The van der Waals surface area contributed by atoms with Gasteiger partial charge in [-0.3, -0.25) is 9.69 Å². The van der Waals surface area contributed by atoms with E-state index in [0.29, 0.717) is 37.0 Å². The smallest absolute Gasteiger partial charge is 0.243 e. The lowest BCUT2D eigenvalue weighted by Crippen LogP contribution is -2.51. The highest BCUT2D eigenvalue weighted by molar-refractivity contribution is 7.89. The molecule has 1 heterocycles. The van der Waals surface area contributed by atoms with Gasteiger partial charge in [-0.05, 0) is 35.7 Å². The predicted octanol–water partition coefficient (Wildman–Crippen LogP) is 2.78. The van der Waals surface area contributed by atoms with Crippen molar-refractivity contribution in [2.75, 3.05) is 44.7 Å². The Morgan fingerprint density at radius 1 is 0.966 bits per heavy atom. The minimum absolute atomic E-state index is 0.00298. The summed E-state index contributed by atoms with van der Waals surface area (Å²) in [5, 5.41) is 0. The van der Waals surface area contributed by atoms with E-state index < -0.39 is 10.0 Å². The number of carbonyl (C=O) groups excluding carboxylic acids is 1. The van der Waals surface area contributed by atoms with E-state index in [1.807, 2.05) is 47.4 Å². The first-order valence-electron chi connectivity index (χ1n) is 9.93. The van der Waals surface area contributed by atoms with Crippen molar-refractivity contribution >= 4 is 21.6 Å². The number of nitrogens with zero attached hydrogens (tertiary/aromatic N) is 3. The third-order valence-electron chi connectivity index (χ3n) is 5.39. The van der Waals surface area contributed by atoms with Crippen molar-refractivity contribution in [3.05, 3.63) is 60.2 Å². The lowest BCUT2D eigenvalue weighted by molar-refractivity contribution is -0.119. The Morgan fingerprint density at radius 2 is 1.55 bits per heavy atom. The first kappa shape index (κ1) is 21.5. The zero-order valence-corrected chi connectivity index (χ0v) is 18.1. The first-order valence-corrected chi connectivity index (χ1v) is 11.4. The number of amides is 1. The van der Waals surface area contributed by atoms with Gasteiger partial charge in [0.15, 0.2) is 0 Å². The van der Waals surface area contributed by atoms with Crippen LogP contribution in [0.5, 0.6) is 0 Å². The summed E-state index contributed by atoms with van der Waals surface area (Å²) < 4.78 is 27.4. The maximum Gasteiger partial charge on any atom is 0.243 e. The quantitative estimate of drug-likeness (QED) is 0.728. The van der Waals surface area contributed by atoms with E-state index in [1.165, 1.54) is 4.31 Å². The summed E-state index contributed by atoms with van der Waals surface area (Å²) in [6.07, 6.45) is 0. The Balaban J connectivity index is 1.57. The molecule has 0 unspecified atom stereocenters. The van der Waals surface area contributed by atoms with Gasteiger partial charge < -0.3 is 4.90 Å². The zero-order valence-electron chi connectivity index (χ0n) is 17.3. The lowest BCUT2D eigenvalue weighted by atomic mass is 10.0. The van der Waals surface area contributed by atoms with Crippen molar-refractivity contribution < 1.29 is 13.2 Å². The number of rotatable bonds is 6. The van der Waals surface area contributed by atoms with Crippen LogP contribution in [0.25, 0.3) is 0 Å². The molecule has 3 rings (SSSR count). The first-order chi connectivity index (χ1) is 13.8. The molecule has 2 aromatic rings. The summed E-state index contributed by atoms with van der Waals surface area (Å²) in [5.41, 5.74) is 1.97. The number of hydrogen-bond acceptors (Lipinski definition) is 4. The molecule has 0 bridgehead atoms. The highest BCUT2D eigenvalue weighted by Gasteiger charge is 2.29. The maximum absolute atomic E-state index is 12.9. The van der Waals surface area contributed by atoms with Crippen LogP contribution in [-0.4, -0.2) is 63.3 Å². The largest absolute Gasteiger partial charge is 0.314 e. The molecule has 0 atom stereocenters. The molecular formula is C22H29N3O3S. The highest BCUT2D eigenvalue weighted by atomic mass is 32.2. The summed E-state index contributed by atoms with van der Waals surface area (Å²) in [6, 6.07) is 16.6. The molecule has 0 aromatic heterocycles. The Kier molecular flexibility index (Phi) is 6.72. The Morgan fingerprint density at radius 3 is 2.10 bits per heavy atom. The average molecular weight is 416 g/mol. The molecular weight excluding hydrogens is 386 g/mol. The molecule has 0 N–H and O–H groups in total. The van der Waals surface area contributed by atoms with Gasteiger partial charge in [-0.1, -0.05) is 44.2 Å². The molecule has 1 amide bonds. The van der Waals surface area contributed by atoms with Gasteiger partial charge >= 0.3 is 0 Å². The number of carbonyl (C=O) groups is 1. The third-order valence-corrected chi connectivity index (χ3v) is 7.31. The van der Waals surface area contributed by atoms with Crippen LogP contribution in [0.1, 0.15) is 25.3 Å². The molecule has 0 radical (unpaired) electrons. The van der Waals surface area contributed by atoms with Crippen LogP contribution in [-0.2, 0) is 14.8 Å². The second kappa shape index (κ2) is 9.07. The molecule has 2 aromatic carbocycles. The van der Waals surface area contributed by atoms with Crippen molar-refractivity contribution in [3.63, 3.8) is 0 Å². The average Bonchev–Trinajstić information content (AvgIpc) is 2.74. The monoisotopic (exact) mass is 415 g/mol. The minimum Gasteiger partial charge on any atom is -0.314 e. The topological polar surface area (TPSA) is 60.9 Å². The summed E-state index contributed by atoms with van der Waals surface area (Å²) >= 11 is 0. The molecule has 156 valence electrons. The van der Waals surface area contributed by atoms with Crippen LogP contribution < -0.4 is 4.90 Å². The summed E-state index contributed by atoms with van der Waals surface area (Å²) in [4.78, 5) is 16.5. The molecule has 1 aliphatic rings. The lowest BCUT2D eigenvalue weighted by Gasteiger charge is -2.34. The van der Waals surface area contributed by atoms with Crippen LogP contribution in [0.2, 0.25) is 0 Å². The van der Waals surface area contributed by atoms with E-state index in [9.17, 15) is 13.2 Å². The van der Waals surface area contributed by atoms with E-state index in [0.717, 1.165) is 11.3 Å². The fraction of sp³-hybridized carbons (Fsp3) is 0.409. The molecule has 0 spiro atoms. The number of hydrogen-bond donors (Lipinski definition) is 0. The van der Waals surface area contributed by atoms with Gasteiger partial charge in [0, 0.05) is 38.9 Å². The van der Waals surface area contributed by atoms with E-state index >= 15 is 0 Å². The number of sulfonamides is 1. The van der Waals surface area contributed by atoms with E-state index in [-0.39, 0.29) is 12.5 Å². The number of para-hydroxylation sites is 1. The number of likely N-dealkylation sites (N-methyl/N-ethyl adjacent to an activating group) is 1. The van der Waals surface area contributed by atoms with Gasteiger partial charge in [0.2, 0.25) is 15.9 Å². The van der Waals surface area contributed by atoms with Crippen LogP contribution in [0, 0.1) is 0 Å². The van der Waals surface area contributed by atoms with E-state index in [4.69, 9.17) is 0 Å². The van der Waals surface area contributed by atoms with Gasteiger partial charge in [-0.15, -0.1) is 0 Å². The predicted molar refractivity (Wildman–Crippen MR) is 116 cm³/mol. The molecule has 0 saturated carbocycles. The minimum atomic E-state index is -3.50. The van der Waals surface area contributed by atoms with Gasteiger partial charge in [-0.2, -0.15) is 4.31 Å². The fourth-order valence-corrected chi connectivity index (χ4v) is 4.82. The molecule has 1 aliphatic heterocycles. The normalized spacial score (nSPS) is 16.1. The van der Waals surface area contributed by atoms with Gasteiger partial charge in [0.05, 0.1) is 11.4 Å². The molecule has 6 nitrogen and oxygen atoms in total. The highest BCUT2D eigenvalue weighted by Crippen LogP contribution is 2.21. The van der Waals surface area contributed by atoms with Gasteiger partial charge in [0.1, 0.15) is 0 Å². The molecule has 7 heteroatoms. The Labute approximate surface area is 173 Å². The zero-order chi connectivity index (χ0) is 21.0. The summed E-state index contributed by atoms with van der Waals surface area (Å²) in [7, 11) is -1.74. The Hall–Kier alpha value is -2.22. The standard InChI is InChI=1S/C22H29N3O3S/c1-18(2)19-9-11-21(12-10-19)29(27,28)25-15-13-24(14-16-25)17-22(26)23(3)20-7-5-4-6-8-20/h4-12,18H,13-17H2,1-3H3. The molecule has 29 heavy (non-hydrogen) atoms. The maximum atomic E-state index is 12.9.